The van der Waals surface area contributed by atoms with Gasteiger partial charge < -0.3 is 14.6 Å². The third kappa shape index (κ3) is 7.59. The normalized spacial score (nSPS) is 17.8. The van der Waals surface area contributed by atoms with Gasteiger partial charge in [0.1, 0.15) is 18.1 Å². The van der Waals surface area contributed by atoms with E-state index < -0.39 is 42.9 Å². The van der Waals surface area contributed by atoms with E-state index in [-0.39, 0.29) is 6.61 Å². The van der Waals surface area contributed by atoms with Gasteiger partial charge in [0, 0.05) is 7.11 Å². The highest BCUT2D eigenvalue weighted by atomic mass is 19.4. The van der Waals surface area contributed by atoms with Crippen LogP contribution in [-0.4, -0.2) is 56.5 Å². The van der Waals surface area contributed by atoms with Crippen LogP contribution in [0.5, 0.6) is 0 Å². The van der Waals surface area contributed by atoms with E-state index in [2.05, 4.69) is 11.7 Å². The van der Waals surface area contributed by atoms with Crippen LogP contribution in [0, 0.1) is 12.8 Å². The van der Waals surface area contributed by atoms with Gasteiger partial charge in [-0.2, -0.15) is 18.3 Å². The minimum absolute atomic E-state index is 0.302. The minimum Gasteiger partial charge on any atom is -0.497 e. The molecule has 0 amide bonds. The third-order valence-corrected chi connectivity index (χ3v) is 6.60. The number of anilines is 1. The number of halogens is 4. The molecule has 0 saturated carbocycles. The van der Waals surface area contributed by atoms with Crippen LogP contribution in [0.15, 0.2) is 78.1 Å². The number of carbonyl (C=O) groups is 1. The van der Waals surface area contributed by atoms with Gasteiger partial charge in [-0.25, -0.2) is 4.39 Å². The lowest BCUT2D eigenvalue weighted by Gasteiger charge is -2.27. The fraction of sp³-hybridized carbons (Fsp3) is 0.333. The summed E-state index contributed by atoms with van der Waals surface area (Å²) in [6.45, 7) is 5.14. The van der Waals surface area contributed by atoms with E-state index in [1.807, 2.05) is 25.1 Å². The van der Waals surface area contributed by atoms with E-state index in [0.29, 0.717) is 23.4 Å². The monoisotopic (exact) mass is 560 g/mol. The molecule has 2 atom stereocenters. The minimum atomic E-state index is -4.71. The van der Waals surface area contributed by atoms with Gasteiger partial charge in [0.25, 0.3) is 0 Å². The van der Waals surface area contributed by atoms with Crippen LogP contribution in [0.1, 0.15) is 28.7 Å². The van der Waals surface area contributed by atoms with E-state index in [9.17, 15) is 27.5 Å². The lowest BCUT2D eigenvalue weighted by Crippen LogP contribution is -2.40. The molecular formula is C30H32F4N2O4. The maximum Gasteiger partial charge on any atom is 0.431 e. The number of alkyl halides is 4. The van der Waals surface area contributed by atoms with Crippen LogP contribution in [0.4, 0.5) is 23.2 Å². The SMILES string of the molecule is C=C(/C=C(\C=C/CF)OC)c1ccc(Cc2ccc(N3N=C(C(F)(F)F)C(COC)C3CC(=O)O)cc2)c(C)c1. The standard InChI is InChI=1S/C30H32F4N2O4/c1-19-14-22(20(2)15-25(40-4)6-5-13-31)9-10-23(19)16-21-7-11-24(12-8-21)36-27(17-28(37)38)26(18-39-3)29(35-36)30(32,33)34/h5-12,14-15,26-27H,2,13,16-18H2,1,3-4H3,(H,37,38)/b6-5-,25-15+. The number of hydrazone groups is 1. The van der Waals surface area contributed by atoms with E-state index in [4.69, 9.17) is 9.47 Å². The molecule has 0 saturated heterocycles. The highest BCUT2D eigenvalue weighted by molar-refractivity contribution is 5.96. The first-order valence-electron chi connectivity index (χ1n) is 12.5. The number of aliphatic carboxylic acids is 1. The van der Waals surface area contributed by atoms with Gasteiger partial charge in [-0.05, 0) is 65.5 Å². The maximum atomic E-state index is 13.7. The summed E-state index contributed by atoms with van der Waals surface area (Å²) in [5.41, 5.74) is 3.86. The van der Waals surface area contributed by atoms with Gasteiger partial charge in [0.15, 0.2) is 0 Å². The van der Waals surface area contributed by atoms with Crippen LogP contribution in [0.2, 0.25) is 0 Å². The summed E-state index contributed by atoms with van der Waals surface area (Å²) < 4.78 is 63.7. The molecule has 1 aliphatic rings. The Morgan fingerprint density at radius 3 is 2.42 bits per heavy atom. The van der Waals surface area contributed by atoms with Crippen molar-refractivity contribution in [3.8, 4) is 0 Å². The number of hydrogen-bond donors (Lipinski definition) is 1. The number of allylic oxidation sites excluding steroid dienone is 4. The molecule has 40 heavy (non-hydrogen) atoms. The molecule has 0 aliphatic carbocycles. The average molecular weight is 561 g/mol. The summed E-state index contributed by atoms with van der Waals surface area (Å²) in [5, 5.41) is 14.3. The summed E-state index contributed by atoms with van der Waals surface area (Å²) in [5.74, 6) is -1.97. The van der Waals surface area contributed by atoms with Crippen LogP contribution < -0.4 is 5.01 Å². The Hall–Kier alpha value is -3.92. The quantitative estimate of drug-likeness (QED) is 0.182. The topological polar surface area (TPSA) is 71.4 Å². The van der Waals surface area contributed by atoms with Crippen molar-refractivity contribution in [3.05, 3.63) is 95.3 Å². The molecule has 2 aromatic carbocycles. The van der Waals surface area contributed by atoms with Crippen LogP contribution in [0.25, 0.3) is 5.57 Å². The van der Waals surface area contributed by atoms with Crippen molar-refractivity contribution in [1.29, 1.82) is 0 Å². The molecule has 0 spiro atoms. The molecule has 6 nitrogen and oxygen atoms in total. The molecule has 1 heterocycles. The van der Waals surface area contributed by atoms with Crippen molar-refractivity contribution in [2.24, 2.45) is 11.0 Å². The Labute approximate surface area is 230 Å². The molecule has 214 valence electrons. The number of aryl methyl sites for hydroxylation is 1. The summed E-state index contributed by atoms with van der Waals surface area (Å²) in [6, 6.07) is 11.7. The van der Waals surface area contributed by atoms with Crippen molar-refractivity contribution < 1.29 is 36.9 Å². The number of nitrogens with zero attached hydrogens (tertiary/aromatic N) is 2. The van der Waals surface area contributed by atoms with Crippen molar-refractivity contribution in [2.45, 2.75) is 32.0 Å². The zero-order valence-electron chi connectivity index (χ0n) is 22.5. The van der Waals surface area contributed by atoms with E-state index in [1.54, 1.807) is 30.3 Å². The molecule has 1 aliphatic heterocycles. The highest BCUT2D eigenvalue weighted by Gasteiger charge is 2.50. The van der Waals surface area contributed by atoms with Gasteiger partial charge in [-0.15, -0.1) is 0 Å². The molecule has 0 aromatic heterocycles. The molecule has 0 radical (unpaired) electrons. The fourth-order valence-corrected chi connectivity index (χ4v) is 4.58. The van der Waals surface area contributed by atoms with Crippen LogP contribution >= 0.6 is 0 Å². The lowest BCUT2D eigenvalue weighted by molar-refractivity contribution is -0.137. The Bertz CT molecular complexity index is 1300. The van der Waals surface area contributed by atoms with Gasteiger partial charge in [-0.3, -0.25) is 9.80 Å². The van der Waals surface area contributed by atoms with Crippen LogP contribution in [0.3, 0.4) is 0 Å². The van der Waals surface area contributed by atoms with Crippen molar-refractivity contribution >= 4 is 22.9 Å². The number of carboxylic acids is 1. The predicted octanol–water partition coefficient (Wildman–Crippen LogP) is 6.50. The zero-order chi connectivity index (χ0) is 29.4. The first kappa shape index (κ1) is 30.6. The summed E-state index contributed by atoms with van der Waals surface area (Å²) >= 11 is 0. The third-order valence-electron chi connectivity index (χ3n) is 6.60. The van der Waals surface area contributed by atoms with Crippen molar-refractivity contribution in [1.82, 2.24) is 0 Å². The smallest absolute Gasteiger partial charge is 0.431 e. The predicted molar refractivity (Wildman–Crippen MR) is 147 cm³/mol. The van der Waals surface area contributed by atoms with Crippen molar-refractivity contribution in [3.63, 3.8) is 0 Å². The molecule has 0 fully saturated rings. The highest BCUT2D eigenvalue weighted by Crippen LogP contribution is 2.37. The molecular weight excluding hydrogens is 528 g/mol. The molecule has 1 N–H and O–H groups in total. The Balaban J connectivity index is 1.81. The number of rotatable bonds is 12. The largest absolute Gasteiger partial charge is 0.497 e. The van der Waals surface area contributed by atoms with Gasteiger partial charge in [-0.1, -0.05) is 43.0 Å². The summed E-state index contributed by atoms with van der Waals surface area (Å²) in [7, 11) is 2.77. The second-order valence-electron chi connectivity index (χ2n) is 9.37. The van der Waals surface area contributed by atoms with Crippen LogP contribution in [-0.2, 0) is 20.7 Å². The Morgan fingerprint density at radius 1 is 1.18 bits per heavy atom. The molecule has 0 bridgehead atoms. The second-order valence-corrected chi connectivity index (χ2v) is 9.37. The van der Waals surface area contributed by atoms with Crippen molar-refractivity contribution in [2.75, 3.05) is 32.5 Å². The first-order chi connectivity index (χ1) is 19.0. The van der Waals surface area contributed by atoms with Gasteiger partial charge in [0.05, 0.1) is 37.8 Å². The zero-order valence-corrected chi connectivity index (χ0v) is 22.5. The molecule has 3 rings (SSSR count). The summed E-state index contributed by atoms with van der Waals surface area (Å²) in [6.07, 6.45) is -0.0657. The fourth-order valence-electron chi connectivity index (χ4n) is 4.58. The number of carboxylic acid groups (broad SMARTS) is 1. The molecule has 2 aromatic rings. The number of hydrogen-bond acceptors (Lipinski definition) is 5. The van der Waals surface area contributed by atoms with E-state index in [0.717, 1.165) is 27.3 Å². The van der Waals surface area contributed by atoms with Gasteiger partial charge in [0.2, 0.25) is 0 Å². The second kappa shape index (κ2) is 13.4. The average Bonchev–Trinajstić information content (AvgIpc) is 3.26. The first-order valence-corrected chi connectivity index (χ1v) is 12.5. The number of methoxy groups -OCH3 is 2. The Kier molecular flexibility index (Phi) is 10.3. The molecule has 10 heteroatoms. The summed E-state index contributed by atoms with van der Waals surface area (Å²) in [4.78, 5) is 11.5. The number of benzene rings is 2. The lowest BCUT2D eigenvalue weighted by atomic mass is 9.93. The van der Waals surface area contributed by atoms with E-state index >= 15 is 0 Å². The van der Waals surface area contributed by atoms with Gasteiger partial charge >= 0.3 is 12.1 Å². The maximum absolute atomic E-state index is 13.7. The molecule has 2 unspecified atom stereocenters. The van der Waals surface area contributed by atoms with E-state index in [1.165, 1.54) is 26.4 Å². The Morgan fingerprint density at radius 2 is 1.88 bits per heavy atom. The number of ether oxygens (including phenoxy) is 2.